The van der Waals surface area contributed by atoms with Gasteiger partial charge in [0.25, 0.3) is 0 Å². The molecule has 2 N–H and O–H groups in total. The normalized spacial score (nSPS) is 18.4. The minimum atomic E-state index is -0.758. The summed E-state index contributed by atoms with van der Waals surface area (Å²) >= 11 is 0. The van der Waals surface area contributed by atoms with Crippen LogP contribution in [-0.4, -0.2) is 17.6 Å². The summed E-state index contributed by atoms with van der Waals surface area (Å²) < 4.78 is 0. The number of aliphatic carboxylic acids is 1. The Hall–Kier alpha value is -1.35. The first kappa shape index (κ1) is 13.6. The summed E-state index contributed by atoms with van der Waals surface area (Å²) in [6, 6.07) is 7.86. The lowest BCUT2D eigenvalue weighted by atomic mass is 9.97. The van der Waals surface area contributed by atoms with E-state index in [0.29, 0.717) is 0 Å². The molecule has 0 aromatic heterocycles. The van der Waals surface area contributed by atoms with E-state index in [4.69, 9.17) is 5.11 Å². The molecule has 0 saturated heterocycles. The second-order valence-corrected chi connectivity index (χ2v) is 6.31. The first-order valence-electron chi connectivity index (χ1n) is 7.73. The lowest BCUT2D eigenvalue weighted by Gasteiger charge is -2.17. The molecule has 0 aliphatic heterocycles. The standard InChI is InChI=1S/C17H23NO2/c19-17(20)9-14-3-1-2-4-15(14)10-18-11-16(12-5-6-12)13-7-8-13/h1-4,12-13,16,18H,5-11H2,(H,19,20). The molecule has 0 spiro atoms. The average Bonchev–Trinajstić information content (AvgIpc) is 3.27. The van der Waals surface area contributed by atoms with Gasteiger partial charge in [0.05, 0.1) is 6.42 Å². The average molecular weight is 273 g/mol. The summed E-state index contributed by atoms with van der Waals surface area (Å²) in [7, 11) is 0. The van der Waals surface area contributed by atoms with Crippen molar-refractivity contribution in [3.8, 4) is 0 Å². The van der Waals surface area contributed by atoms with Crippen molar-refractivity contribution in [3.05, 3.63) is 35.4 Å². The molecule has 1 aromatic carbocycles. The maximum atomic E-state index is 10.9. The monoisotopic (exact) mass is 273 g/mol. The Morgan fingerprint density at radius 3 is 2.30 bits per heavy atom. The van der Waals surface area contributed by atoms with E-state index < -0.39 is 5.97 Å². The minimum absolute atomic E-state index is 0.118. The second-order valence-electron chi connectivity index (χ2n) is 6.31. The lowest BCUT2D eigenvalue weighted by Crippen LogP contribution is -2.25. The molecule has 3 nitrogen and oxygen atoms in total. The van der Waals surface area contributed by atoms with E-state index in [1.165, 1.54) is 25.7 Å². The third-order valence-corrected chi connectivity index (χ3v) is 4.61. The summed E-state index contributed by atoms with van der Waals surface area (Å²) in [5.41, 5.74) is 2.06. The van der Waals surface area contributed by atoms with Crippen molar-refractivity contribution < 1.29 is 9.90 Å². The summed E-state index contributed by atoms with van der Waals surface area (Å²) in [4.78, 5) is 10.9. The summed E-state index contributed by atoms with van der Waals surface area (Å²) in [6.07, 6.45) is 5.78. The molecule has 3 rings (SSSR count). The third kappa shape index (κ3) is 3.60. The molecule has 0 unspecified atom stereocenters. The fraction of sp³-hybridized carbons (Fsp3) is 0.588. The Bertz CT molecular complexity index is 466. The van der Waals surface area contributed by atoms with Crippen LogP contribution in [0.15, 0.2) is 24.3 Å². The van der Waals surface area contributed by atoms with Crippen LogP contribution in [0.4, 0.5) is 0 Å². The highest BCUT2D eigenvalue weighted by atomic mass is 16.4. The lowest BCUT2D eigenvalue weighted by molar-refractivity contribution is -0.136. The number of carboxylic acid groups (broad SMARTS) is 1. The topological polar surface area (TPSA) is 49.3 Å². The van der Waals surface area contributed by atoms with E-state index in [9.17, 15) is 4.79 Å². The Morgan fingerprint density at radius 1 is 1.15 bits per heavy atom. The molecule has 0 heterocycles. The Kier molecular flexibility index (Phi) is 4.06. The molecule has 2 saturated carbocycles. The van der Waals surface area contributed by atoms with Gasteiger partial charge in [-0.2, -0.15) is 0 Å². The van der Waals surface area contributed by atoms with Gasteiger partial charge >= 0.3 is 5.97 Å². The van der Waals surface area contributed by atoms with Crippen molar-refractivity contribution in [1.82, 2.24) is 5.32 Å². The SMILES string of the molecule is O=C(O)Cc1ccccc1CNCC(C1CC1)C1CC1. The van der Waals surface area contributed by atoms with Gasteiger partial charge in [-0.15, -0.1) is 0 Å². The van der Waals surface area contributed by atoms with Gasteiger partial charge in [-0.1, -0.05) is 24.3 Å². The van der Waals surface area contributed by atoms with Crippen LogP contribution in [0.3, 0.4) is 0 Å². The van der Waals surface area contributed by atoms with Gasteiger partial charge in [0.2, 0.25) is 0 Å². The second kappa shape index (κ2) is 5.96. The van der Waals surface area contributed by atoms with Crippen LogP contribution in [-0.2, 0) is 17.8 Å². The van der Waals surface area contributed by atoms with Crippen molar-refractivity contribution in [2.45, 2.75) is 38.6 Å². The molecule has 3 heteroatoms. The van der Waals surface area contributed by atoms with Gasteiger partial charge in [-0.05, 0) is 61.1 Å². The highest BCUT2D eigenvalue weighted by Gasteiger charge is 2.40. The predicted molar refractivity (Wildman–Crippen MR) is 78.4 cm³/mol. The van der Waals surface area contributed by atoms with Gasteiger partial charge in [-0.25, -0.2) is 0 Å². The number of nitrogens with one attached hydrogen (secondary N) is 1. The molecule has 0 radical (unpaired) electrons. The molecule has 0 bridgehead atoms. The Morgan fingerprint density at radius 2 is 1.75 bits per heavy atom. The molecular formula is C17H23NO2. The molecule has 2 aliphatic rings. The number of hydrogen-bond acceptors (Lipinski definition) is 2. The molecule has 1 aromatic rings. The first-order chi connectivity index (χ1) is 9.74. The molecule has 2 aliphatic carbocycles. The van der Waals surface area contributed by atoms with E-state index in [1.54, 1.807) is 0 Å². The summed E-state index contributed by atoms with van der Waals surface area (Å²) in [6.45, 7) is 1.89. The van der Waals surface area contributed by atoms with E-state index in [-0.39, 0.29) is 6.42 Å². The van der Waals surface area contributed by atoms with E-state index in [1.807, 2.05) is 24.3 Å². The van der Waals surface area contributed by atoms with Crippen molar-refractivity contribution in [1.29, 1.82) is 0 Å². The van der Waals surface area contributed by atoms with Gasteiger partial charge in [-0.3, -0.25) is 4.79 Å². The fourth-order valence-electron chi connectivity index (χ4n) is 3.21. The number of hydrogen-bond donors (Lipinski definition) is 2. The summed E-state index contributed by atoms with van der Waals surface area (Å²) in [5.74, 6) is 2.03. The zero-order valence-corrected chi connectivity index (χ0v) is 11.8. The minimum Gasteiger partial charge on any atom is -0.481 e. The molecule has 0 atom stereocenters. The quantitative estimate of drug-likeness (QED) is 0.765. The van der Waals surface area contributed by atoms with Crippen molar-refractivity contribution in [2.75, 3.05) is 6.54 Å². The zero-order chi connectivity index (χ0) is 13.9. The fourth-order valence-corrected chi connectivity index (χ4v) is 3.21. The predicted octanol–water partition coefficient (Wildman–Crippen LogP) is 2.84. The number of carboxylic acids is 1. The van der Waals surface area contributed by atoms with Crippen molar-refractivity contribution in [2.24, 2.45) is 17.8 Å². The maximum Gasteiger partial charge on any atom is 0.307 e. The van der Waals surface area contributed by atoms with Crippen LogP contribution in [0.1, 0.15) is 36.8 Å². The molecule has 20 heavy (non-hydrogen) atoms. The summed E-state index contributed by atoms with van der Waals surface area (Å²) in [5, 5.41) is 12.5. The third-order valence-electron chi connectivity index (χ3n) is 4.61. The van der Waals surface area contributed by atoms with Gasteiger partial charge < -0.3 is 10.4 Å². The van der Waals surface area contributed by atoms with E-state index in [2.05, 4.69) is 5.32 Å². The van der Waals surface area contributed by atoms with Crippen LogP contribution < -0.4 is 5.32 Å². The van der Waals surface area contributed by atoms with E-state index >= 15 is 0 Å². The largest absolute Gasteiger partial charge is 0.481 e. The van der Waals surface area contributed by atoms with Crippen LogP contribution in [0.5, 0.6) is 0 Å². The van der Waals surface area contributed by atoms with Crippen LogP contribution in [0.25, 0.3) is 0 Å². The van der Waals surface area contributed by atoms with E-state index in [0.717, 1.165) is 42.0 Å². The van der Waals surface area contributed by atoms with Crippen molar-refractivity contribution >= 4 is 5.97 Å². The Labute approximate surface area is 120 Å². The first-order valence-corrected chi connectivity index (χ1v) is 7.73. The molecule has 2 fully saturated rings. The van der Waals surface area contributed by atoms with Crippen LogP contribution in [0, 0.1) is 17.8 Å². The Balaban J connectivity index is 1.53. The van der Waals surface area contributed by atoms with Gasteiger partial charge in [0, 0.05) is 6.54 Å². The molecule has 108 valence electrons. The van der Waals surface area contributed by atoms with Crippen LogP contribution in [0.2, 0.25) is 0 Å². The van der Waals surface area contributed by atoms with Crippen LogP contribution >= 0.6 is 0 Å². The number of rotatable bonds is 8. The van der Waals surface area contributed by atoms with Gasteiger partial charge in [0.15, 0.2) is 0 Å². The highest BCUT2D eigenvalue weighted by molar-refractivity contribution is 5.70. The zero-order valence-electron chi connectivity index (χ0n) is 11.8. The molecule has 0 amide bonds. The molecular weight excluding hydrogens is 250 g/mol. The van der Waals surface area contributed by atoms with Crippen molar-refractivity contribution in [3.63, 3.8) is 0 Å². The smallest absolute Gasteiger partial charge is 0.307 e. The highest BCUT2D eigenvalue weighted by Crippen LogP contribution is 2.48. The maximum absolute atomic E-state index is 10.9. The number of carbonyl (C=O) groups is 1. The number of benzene rings is 1. The van der Waals surface area contributed by atoms with Gasteiger partial charge in [0.1, 0.15) is 0 Å².